The normalized spacial score (nSPS) is 12.3. The zero-order valence-electron chi connectivity index (χ0n) is 28.6. The van der Waals surface area contributed by atoms with Crippen LogP contribution in [-0.2, 0) is 59.5 Å². The zero-order valence-corrected chi connectivity index (χ0v) is 33.5. The maximum Gasteiger partial charge on any atom is 4.00 e. The second-order valence-electron chi connectivity index (χ2n) is 13.6. The van der Waals surface area contributed by atoms with E-state index in [0.29, 0.717) is 0 Å². The van der Waals surface area contributed by atoms with Gasteiger partial charge in [-0.2, -0.15) is 0 Å². The van der Waals surface area contributed by atoms with Crippen LogP contribution in [-0.4, -0.2) is 46.8 Å². The molecule has 8 nitrogen and oxygen atoms in total. The fourth-order valence-corrected chi connectivity index (χ4v) is 9.61. The Morgan fingerprint density at radius 1 is 0.368 bits per heavy atom. The first-order valence-electron chi connectivity index (χ1n) is 13.2. The summed E-state index contributed by atoms with van der Waals surface area (Å²) in [6, 6.07) is 0. The van der Waals surface area contributed by atoms with Crippen molar-refractivity contribution in [2.24, 2.45) is 0 Å². The van der Waals surface area contributed by atoms with Gasteiger partial charge in [0, 0.05) is 0 Å². The van der Waals surface area contributed by atoms with Crippen LogP contribution in [0.25, 0.3) is 0 Å². The van der Waals surface area contributed by atoms with E-state index in [1.807, 2.05) is 83.1 Å². The molecule has 0 heterocycles. The van der Waals surface area contributed by atoms with Crippen LogP contribution in [0.5, 0.6) is 0 Å². The van der Waals surface area contributed by atoms with Crippen LogP contribution in [0.2, 0.25) is 0 Å². The summed E-state index contributed by atoms with van der Waals surface area (Å²) in [5.41, 5.74) is -1.56. The van der Waals surface area contributed by atoms with Crippen molar-refractivity contribution < 1.29 is 79.9 Å². The van der Waals surface area contributed by atoms with Crippen molar-refractivity contribution in [3.8, 4) is 0 Å². The first-order valence-corrected chi connectivity index (χ1v) is 17.2. The van der Waals surface area contributed by atoms with Crippen molar-refractivity contribution >= 4 is 0 Å². The molecule has 0 N–H and O–H groups in total. The molecule has 0 bridgehead atoms. The van der Waals surface area contributed by atoms with Crippen LogP contribution in [0.3, 0.4) is 0 Å². The molecule has 0 fully saturated rings. The fraction of sp³-hybridized carbons (Fsp3) is 1.00. The summed E-state index contributed by atoms with van der Waals surface area (Å²) < 4.78 is 25.2. The summed E-state index contributed by atoms with van der Waals surface area (Å²) in [5, 5.41) is 38.1. The van der Waals surface area contributed by atoms with Crippen LogP contribution >= 0.6 is 0 Å². The van der Waals surface area contributed by atoms with E-state index in [1.54, 1.807) is 55.4 Å². The standard InChI is InChI=1S/4C4H9O.4C3H7O.2Zr/c4*1-4(2,3)5;4*1-3(2)4;;/h4*1-3H3;4*3H,1-2H3;;/q8*-1;2*+4. The molecule has 0 aliphatic rings. The molecule has 0 amide bonds. The average molecular weight is 711 g/mol. The molecule has 0 unspecified atom stereocenters. The van der Waals surface area contributed by atoms with Gasteiger partial charge in [0.05, 0.1) is 0 Å². The third kappa shape index (κ3) is 76.8. The Bertz CT molecular complexity index is 394. The first-order chi connectivity index (χ1) is 15.8. The van der Waals surface area contributed by atoms with Gasteiger partial charge < -0.3 is 20.4 Å². The van der Waals surface area contributed by atoms with Crippen molar-refractivity contribution in [1.29, 1.82) is 0 Å². The monoisotopic (exact) mass is 708 g/mol. The summed E-state index contributed by atoms with van der Waals surface area (Å²) >= 11 is -4.25. The molecular weight excluding hydrogens is 647 g/mol. The third-order valence-electron chi connectivity index (χ3n) is 1.72. The van der Waals surface area contributed by atoms with E-state index in [0.717, 1.165) is 0 Å². The topological polar surface area (TPSA) is 129 Å². The van der Waals surface area contributed by atoms with E-state index in [-0.39, 0.29) is 26.2 Å². The molecule has 0 spiro atoms. The Morgan fingerprint density at radius 3 is 0.500 bits per heavy atom. The summed E-state index contributed by atoms with van der Waals surface area (Å²) in [7, 11) is 0. The van der Waals surface area contributed by atoms with Crippen molar-refractivity contribution in [2.45, 2.75) is 185 Å². The van der Waals surface area contributed by atoms with E-state index < -0.39 is 68.8 Å². The van der Waals surface area contributed by atoms with Gasteiger partial charge in [-0.3, -0.25) is 0 Å². The molecule has 232 valence electrons. The second-order valence-corrected chi connectivity index (χ2v) is 18.0. The quantitative estimate of drug-likeness (QED) is 0.427. The van der Waals surface area contributed by atoms with Crippen molar-refractivity contribution in [3.63, 3.8) is 0 Å². The molecule has 0 aromatic carbocycles. The molecule has 0 radical (unpaired) electrons. The van der Waals surface area contributed by atoms with E-state index >= 15 is 0 Å². The fourth-order valence-electron chi connectivity index (χ4n) is 1.63. The second kappa shape index (κ2) is 23.9. The molecule has 0 aliphatic carbocycles. The van der Waals surface area contributed by atoms with Gasteiger partial charge in [0.1, 0.15) is 0 Å². The van der Waals surface area contributed by atoms with Crippen LogP contribution < -0.4 is 20.4 Å². The smallest absolute Gasteiger partial charge is 0.852 e. The van der Waals surface area contributed by atoms with E-state index in [1.165, 1.54) is 0 Å². The van der Waals surface area contributed by atoms with Crippen molar-refractivity contribution in [1.82, 2.24) is 0 Å². The largest absolute Gasteiger partial charge is 4.00 e. The minimum Gasteiger partial charge on any atom is -0.852 e. The van der Waals surface area contributed by atoms with Gasteiger partial charge in [-0.25, -0.2) is 0 Å². The summed E-state index contributed by atoms with van der Waals surface area (Å²) in [6.07, 6.45) is -1.67. The van der Waals surface area contributed by atoms with Crippen LogP contribution in [0, 0.1) is 0 Å². The first kappa shape index (κ1) is 52.1. The Balaban J connectivity index is -0.000000122. The van der Waals surface area contributed by atoms with Gasteiger partial charge in [0.25, 0.3) is 0 Å². The van der Waals surface area contributed by atoms with Gasteiger partial charge in [0.15, 0.2) is 0 Å². The molecule has 0 saturated heterocycles. The summed E-state index contributed by atoms with van der Waals surface area (Å²) in [4.78, 5) is 0. The predicted octanol–water partition coefficient (Wildman–Crippen LogP) is 4.08. The number of hydrogen-bond donors (Lipinski definition) is 0. The van der Waals surface area contributed by atoms with Gasteiger partial charge in [-0.1, -0.05) is 55.4 Å². The predicted molar refractivity (Wildman–Crippen MR) is 144 cm³/mol. The SMILES string of the molecule is CC(C)(C)[O][Zr]([O]C(C)(C)C)([O]C(C)(C)C)[O]C(C)(C)C.CC(C)[O-].CC(C)[O-].CC(C)[O-].CC(C)[O-].[Zr+4]. The number of rotatable bonds is 4. The van der Waals surface area contributed by atoms with E-state index in [2.05, 4.69) is 0 Å². The van der Waals surface area contributed by atoms with E-state index in [9.17, 15) is 20.4 Å². The molecule has 0 aromatic rings. The van der Waals surface area contributed by atoms with Crippen molar-refractivity contribution in [3.05, 3.63) is 0 Å². The van der Waals surface area contributed by atoms with Crippen LogP contribution in [0.1, 0.15) is 138 Å². The van der Waals surface area contributed by atoms with Crippen LogP contribution in [0.4, 0.5) is 0 Å². The van der Waals surface area contributed by atoms with Crippen molar-refractivity contribution in [2.75, 3.05) is 0 Å². The maximum atomic E-state index is 9.53. The Morgan fingerprint density at radius 2 is 0.447 bits per heavy atom. The molecule has 10 heteroatoms. The molecule has 0 aliphatic heterocycles. The minimum absolute atomic E-state index is 0. The molecule has 0 aromatic heterocycles. The molecule has 0 atom stereocenters. The maximum absolute atomic E-state index is 9.53. The van der Waals surface area contributed by atoms with Gasteiger partial charge in [-0.05, 0) is 0 Å². The Kier molecular flexibility index (Phi) is 32.8. The van der Waals surface area contributed by atoms with E-state index in [4.69, 9.17) is 11.3 Å². The Hall–Kier alpha value is 1.45. The minimum atomic E-state index is -4.25. The summed E-state index contributed by atoms with van der Waals surface area (Å²) in [5.74, 6) is 0. The Labute approximate surface area is 263 Å². The third-order valence-corrected chi connectivity index (χ3v) is 10.2. The number of hydrogen-bond acceptors (Lipinski definition) is 8. The molecule has 0 rings (SSSR count). The molecule has 0 saturated carbocycles. The average Bonchev–Trinajstić information content (AvgIpc) is 2.34. The van der Waals surface area contributed by atoms with Gasteiger partial charge >= 0.3 is 165 Å². The molecule has 38 heavy (non-hydrogen) atoms. The zero-order chi connectivity index (χ0) is 31.6. The summed E-state index contributed by atoms with van der Waals surface area (Å²) in [6.45, 7) is 36.9. The molecular formula is C28H64O8Zr2. The van der Waals surface area contributed by atoms with Gasteiger partial charge in [0.2, 0.25) is 0 Å². The van der Waals surface area contributed by atoms with Gasteiger partial charge in [-0.15, -0.1) is 24.4 Å². The van der Waals surface area contributed by atoms with Crippen LogP contribution in [0.15, 0.2) is 0 Å².